The predicted octanol–water partition coefficient (Wildman–Crippen LogP) is 5.31. The van der Waals surface area contributed by atoms with Crippen LogP contribution in [0.4, 0.5) is 5.13 Å². The van der Waals surface area contributed by atoms with E-state index in [0.29, 0.717) is 22.3 Å². The van der Waals surface area contributed by atoms with Crippen LogP contribution in [-0.2, 0) is 0 Å². The molecule has 0 N–H and O–H groups in total. The summed E-state index contributed by atoms with van der Waals surface area (Å²) in [5.41, 5.74) is 1.42. The van der Waals surface area contributed by atoms with Gasteiger partial charge in [0, 0.05) is 18.7 Å². The standard InChI is InChI=1S/C22H20ClN3OS/c1-25(2)13-14-26(22-24-20-18(23)11-6-12-19(20)28-22)21(27)17-10-5-8-15-7-3-4-9-16(15)17/h3-12H,13-14H2,1-2H3. The Morgan fingerprint density at radius 3 is 2.54 bits per heavy atom. The van der Waals surface area contributed by atoms with E-state index in [1.807, 2.05) is 74.8 Å². The van der Waals surface area contributed by atoms with Gasteiger partial charge < -0.3 is 4.90 Å². The highest BCUT2D eigenvalue weighted by atomic mass is 35.5. The molecule has 0 aliphatic heterocycles. The van der Waals surface area contributed by atoms with E-state index in [1.54, 1.807) is 4.90 Å². The minimum Gasteiger partial charge on any atom is -0.308 e. The fourth-order valence-corrected chi connectivity index (χ4v) is 4.45. The number of rotatable bonds is 5. The summed E-state index contributed by atoms with van der Waals surface area (Å²) in [4.78, 5) is 22.1. The molecule has 4 rings (SSSR count). The van der Waals surface area contributed by atoms with Crippen molar-refractivity contribution in [1.82, 2.24) is 9.88 Å². The van der Waals surface area contributed by atoms with Crippen LogP contribution in [0.5, 0.6) is 0 Å². The van der Waals surface area contributed by atoms with Gasteiger partial charge in [-0.3, -0.25) is 9.69 Å². The first-order valence-electron chi connectivity index (χ1n) is 9.04. The Bertz CT molecular complexity index is 1150. The van der Waals surface area contributed by atoms with Gasteiger partial charge in [-0.05, 0) is 43.1 Å². The molecule has 0 aliphatic carbocycles. The van der Waals surface area contributed by atoms with Crippen molar-refractivity contribution in [1.29, 1.82) is 0 Å². The Labute approximate surface area is 173 Å². The van der Waals surface area contributed by atoms with Gasteiger partial charge in [-0.25, -0.2) is 4.98 Å². The fraction of sp³-hybridized carbons (Fsp3) is 0.182. The van der Waals surface area contributed by atoms with Crippen molar-refractivity contribution in [3.8, 4) is 0 Å². The number of nitrogens with zero attached hydrogens (tertiary/aromatic N) is 3. The van der Waals surface area contributed by atoms with E-state index in [1.165, 1.54) is 11.3 Å². The largest absolute Gasteiger partial charge is 0.308 e. The van der Waals surface area contributed by atoms with Gasteiger partial charge in [0.05, 0.1) is 9.72 Å². The normalized spacial score (nSPS) is 11.4. The molecule has 0 unspecified atom stereocenters. The maximum absolute atomic E-state index is 13.6. The van der Waals surface area contributed by atoms with Gasteiger partial charge in [0.15, 0.2) is 5.13 Å². The highest BCUT2D eigenvalue weighted by Gasteiger charge is 2.23. The number of fused-ring (bicyclic) bond motifs is 2. The minimum atomic E-state index is -0.0474. The van der Waals surface area contributed by atoms with Gasteiger partial charge in [0.1, 0.15) is 5.52 Å². The lowest BCUT2D eigenvalue weighted by atomic mass is 10.0. The number of carbonyl (C=O) groups is 1. The molecular formula is C22H20ClN3OS. The van der Waals surface area contributed by atoms with Gasteiger partial charge in [0.25, 0.3) is 5.91 Å². The van der Waals surface area contributed by atoms with Crippen LogP contribution in [-0.4, -0.2) is 43.0 Å². The number of anilines is 1. The van der Waals surface area contributed by atoms with Crippen LogP contribution in [0.1, 0.15) is 10.4 Å². The quantitative estimate of drug-likeness (QED) is 0.448. The van der Waals surface area contributed by atoms with Crippen LogP contribution in [0, 0.1) is 0 Å². The maximum atomic E-state index is 13.6. The maximum Gasteiger partial charge on any atom is 0.260 e. The molecule has 1 heterocycles. The van der Waals surface area contributed by atoms with Crippen LogP contribution < -0.4 is 4.90 Å². The topological polar surface area (TPSA) is 36.4 Å². The molecule has 28 heavy (non-hydrogen) atoms. The number of para-hydroxylation sites is 1. The van der Waals surface area contributed by atoms with E-state index >= 15 is 0 Å². The van der Waals surface area contributed by atoms with Crippen molar-refractivity contribution in [2.45, 2.75) is 0 Å². The first-order valence-corrected chi connectivity index (χ1v) is 10.2. The first-order chi connectivity index (χ1) is 13.5. The van der Waals surface area contributed by atoms with Gasteiger partial charge >= 0.3 is 0 Å². The Hall–Kier alpha value is -2.47. The molecule has 0 saturated heterocycles. The molecule has 6 heteroatoms. The molecule has 0 spiro atoms. The molecule has 0 atom stereocenters. The first kappa shape index (κ1) is 18.9. The second-order valence-corrected chi connectivity index (χ2v) is 8.29. The highest BCUT2D eigenvalue weighted by molar-refractivity contribution is 7.22. The summed E-state index contributed by atoms with van der Waals surface area (Å²) >= 11 is 7.80. The molecule has 1 aromatic heterocycles. The summed E-state index contributed by atoms with van der Waals surface area (Å²) in [6, 6.07) is 19.5. The zero-order chi connectivity index (χ0) is 19.7. The zero-order valence-electron chi connectivity index (χ0n) is 15.7. The SMILES string of the molecule is CN(C)CCN(C(=O)c1cccc2ccccc12)c1nc2c(Cl)cccc2s1. The Morgan fingerprint density at radius 2 is 1.75 bits per heavy atom. The second-order valence-electron chi connectivity index (χ2n) is 6.87. The molecule has 3 aromatic carbocycles. The lowest BCUT2D eigenvalue weighted by Crippen LogP contribution is -2.36. The van der Waals surface area contributed by atoms with E-state index in [-0.39, 0.29) is 5.91 Å². The molecule has 0 bridgehead atoms. The van der Waals surface area contributed by atoms with Gasteiger partial charge in [-0.15, -0.1) is 0 Å². The molecule has 4 nitrogen and oxygen atoms in total. The van der Waals surface area contributed by atoms with E-state index in [2.05, 4.69) is 4.90 Å². The lowest BCUT2D eigenvalue weighted by Gasteiger charge is -2.22. The molecule has 1 amide bonds. The molecule has 0 fully saturated rings. The van der Waals surface area contributed by atoms with Crippen molar-refractivity contribution in [2.24, 2.45) is 0 Å². The molecule has 0 saturated carbocycles. The van der Waals surface area contributed by atoms with Crippen LogP contribution in [0.3, 0.4) is 0 Å². The number of hydrogen-bond donors (Lipinski definition) is 0. The van der Waals surface area contributed by atoms with E-state index in [9.17, 15) is 4.79 Å². The number of carbonyl (C=O) groups excluding carboxylic acids is 1. The number of halogens is 1. The van der Waals surface area contributed by atoms with Crippen molar-refractivity contribution < 1.29 is 4.79 Å². The summed E-state index contributed by atoms with van der Waals surface area (Å²) < 4.78 is 0.975. The van der Waals surface area contributed by atoms with Crippen LogP contribution in [0.15, 0.2) is 60.7 Å². The summed E-state index contributed by atoms with van der Waals surface area (Å²) in [6.45, 7) is 1.28. The molecular weight excluding hydrogens is 390 g/mol. The Kier molecular flexibility index (Phi) is 5.31. The molecule has 4 aromatic rings. The Morgan fingerprint density at radius 1 is 1.00 bits per heavy atom. The summed E-state index contributed by atoms with van der Waals surface area (Å²) in [5.74, 6) is -0.0474. The van der Waals surface area contributed by atoms with Crippen LogP contribution in [0.2, 0.25) is 5.02 Å². The van der Waals surface area contributed by atoms with Gasteiger partial charge in [-0.2, -0.15) is 0 Å². The average molecular weight is 410 g/mol. The summed E-state index contributed by atoms with van der Waals surface area (Å²) in [7, 11) is 3.99. The fourth-order valence-electron chi connectivity index (χ4n) is 3.16. The molecule has 142 valence electrons. The van der Waals surface area contributed by atoms with E-state index in [0.717, 1.165) is 27.5 Å². The number of aromatic nitrogens is 1. The number of amides is 1. The smallest absolute Gasteiger partial charge is 0.260 e. The summed E-state index contributed by atoms with van der Waals surface area (Å²) in [5, 5.41) is 3.27. The third-order valence-electron chi connectivity index (χ3n) is 4.63. The number of hydrogen-bond acceptors (Lipinski definition) is 4. The van der Waals surface area contributed by atoms with Crippen molar-refractivity contribution in [3.63, 3.8) is 0 Å². The Balaban J connectivity index is 1.80. The molecule has 0 aliphatic rings. The number of benzene rings is 3. The summed E-state index contributed by atoms with van der Waals surface area (Å²) in [6.07, 6.45) is 0. The van der Waals surface area contributed by atoms with Gasteiger partial charge in [-0.1, -0.05) is 65.4 Å². The number of likely N-dealkylation sites (N-methyl/N-ethyl adjacent to an activating group) is 1. The molecule has 0 radical (unpaired) electrons. The van der Waals surface area contributed by atoms with E-state index in [4.69, 9.17) is 16.6 Å². The van der Waals surface area contributed by atoms with Crippen molar-refractivity contribution in [2.75, 3.05) is 32.1 Å². The monoisotopic (exact) mass is 409 g/mol. The third-order valence-corrected chi connectivity index (χ3v) is 5.97. The number of thiazole rings is 1. The average Bonchev–Trinajstić information content (AvgIpc) is 3.12. The van der Waals surface area contributed by atoms with Crippen molar-refractivity contribution >= 4 is 55.0 Å². The third kappa shape index (κ3) is 3.61. The van der Waals surface area contributed by atoms with Crippen molar-refractivity contribution in [3.05, 3.63) is 71.2 Å². The second kappa shape index (κ2) is 7.87. The van der Waals surface area contributed by atoms with Crippen LogP contribution >= 0.6 is 22.9 Å². The van der Waals surface area contributed by atoms with Crippen LogP contribution in [0.25, 0.3) is 21.0 Å². The van der Waals surface area contributed by atoms with E-state index < -0.39 is 0 Å². The zero-order valence-corrected chi connectivity index (χ0v) is 17.3. The predicted molar refractivity (Wildman–Crippen MR) is 119 cm³/mol. The minimum absolute atomic E-state index is 0.0474. The van der Waals surface area contributed by atoms with Gasteiger partial charge in [0.2, 0.25) is 0 Å². The highest BCUT2D eigenvalue weighted by Crippen LogP contribution is 2.34. The lowest BCUT2D eigenvalue weighted by molar-refractivity contribution is 0.0987.